The molecule has 0 radical (unpaired) electrons. The van der Waals surface area contributed by atoms with Gasteiger partial charge in [0.15, 0.2) is 0 Å². The van der Waals surface area contributed by atoms with E-state index in [2.05, 4.69) is 61.1 Å². The van der Waals surface area contributed by atoms with Gasteiger partial charge in [-0.15, -0.1) is 0 Å². The topological polar surface area (TPSA) is 64.7 Å². The summed E-state index contributed by atoms with van der Waals surface area (Å²) >= 11 is 0. The summed E-state index contributed by atoms with van der Waals surface area (Å²) in [5.41, 5.74) is 5.90. The van der Waals surface area contributed by atoms with Crippen molar-refractivity contribution in [2.75, 3.05) is 57.4 Å². The van der Waals surface area contributed by atoms with Crippen LogP contribution in [0.1, 0.15) is 37.2 Å². The van der Waals surface area contributed by atoms with Crippen LogP contribution in [0.3, 0.4) is 0 Å². The third kappa shape index (κ3) is 4.18. The fraction of sp³-hybridized carbons (Fsp3) is 0.517. The molecule has 4 fully saturated rings. The summed E-state index contributed by atoms with van der Waals surface area (Å²) < 4.78 is 5.38. The first-order valence-electron chi connectivity index (χ1n) is 13.7. The van der Waals surface area contributed by atoms with Gasteiger partial charge in [0, 0.05) is 55.1 Å². The van der Waals surface area contributed by atoms with Crippen molar-refractivity contribution in [1.82, 2.24) is 19.8 Å². The lowest BCUT2D eigenvalue weighted by molar-refractivity contribution is -0.132. The molecule has 1 amide bonds. The van der Waals surface area contributed by atoms with E-state index in [9.17, 15) is 4.79 Å². The Bertz CT molecular complexity index is 1230. The molecule has 36 heavy (non-hydrogen) atoms. The molecule has 7 heteroatoms. The number of carbonyl (C=O) groups excluding carboxylic acids is 1. The highest BCUT2D eigenvalue weighted by molar-refractivity contribution is 5.94. The van der Waals surface area contributed by atoms with Gasteiger partial charge in [0.25, 0.3) is 0 Å². The normalized spacial score (nSPS) is 22.2. The van der Waals surface area contributed by atoms with Crippen molar-refractivity contribution < 1.29 is 9.53 Å². The number of carbonyl (C=O) groups is 1. The molecular weight excluding hydrogens is 450 g/mol. The Morgan fingerprint density at radius 3 is 2.33 bits per heavy atom. The lowest BCUT2D eigenvalue weighted by Crippen LogP contribution is -2.51. The molecule has 0 atom stereocenters. The summed E-state index contributed by atoms with van der Waals surface area (Å²) in [4.78, 5) is 27.7. The third-order valence-corrected chi connectivity index (χ3v) is 8.73. The number of pyridine rings is 1. The Kier molecular flexibility index (Phi) is 5.70. The largest absolute Gasteiger partial charge is 0.378 e. The van der Waals surface area contributed by atoms with Crippen molar-refractivity contribution in [2.45, 2.75) is 37.6 Å². The highest BCUT2D eigenvalue weighted by Gasteiger charge is 2.35. The molecule has 2 aromatic heterocycles. The van der Waals surface area contributed by atoms with E-state index in [-0.39, 0.29) is 0 Å². The zero-order valence-electron chi connectivity index (χ0n) is 20.9. The number of piperidine rings is 1. The number of nitrogens with one attached hydrogen (secondary N) is 1. The van der Waals surface area contributed by atoms with Crippen LogP contribution >= 0.6 is 0 Å². The van der Waals surface area contributed by atoms with Gasteiger partial charge in [-0.25, -0.2) is 4.98 Å². The maximum atomic E-state index is 12.4. The van der Waals surface area contributed by atoms with Crippen LogP contribution in [-0.4, -0.2) is 84.2 Å². The molecule has 7 rings (SSSR count). The van der Waals surface area contributed by atoms with E-state index in [4.69, 9.17) is 4.74 Å². The van der Waals surface area contributed by atoms with Gasteiger partial charge >= 0.3 is 0 Å². The van der Waals surface area contributed by atoms with E-state index in [1.807, 2.05) is 6.20 Å². The summed E-state index contributed by atoms with van der Waals surface area (Å²) in [5.74, 6) is 1.32. The zero-order valence-corrected chi connectivity index (χ0v) is 20.9. The third-order valence-electron chi connectivity index (χ3n) is 8.73. The standard InChI is InChI=1S/C29H35N5O2/c35-29(23-5-6-23)34-15-13-33(14-16-34)27-7-10-30-28-25(27)17-26(31-28)22-3-1-20(2-4-22)21-8-11-32(12-9-21)24-18-36-19-24/h1-4,7,10,17,21,23-24H,5-6,8-9,11-16,18-19H2,(H,30,31). The number of hydrogen-bond acceptors (Lipinski definition) is 5. The Morgan fingerprint density at radius 2 is 1.67 bits per heavy atom. The van der Waals surface area contributed by atoms with Crippen LogP contribution in [0.4, 0.5) is 5.69 Å². The summed E-state index contributed by atoms with van der Waals surface area (Å²) in [6.07, 6.45) is 6.51. The number of nitrogens with zero attached hydrogens (tertiary/aromatic N) is 4. The van der Waals surface area contributed by atoms with Crippen LogP contribution in [0.15, 0.2) is 42.6 Å². The number of rotatable bonds is 5. The smallest absolute Gasteiger partial charge is 0.225 e. The van der Waals surface area contributed by atoms with E-state index in [1.54, 1.807) is 0 Å². The van der Waals surface area contributed by atoms with E-state index in [1.165, 1.54) is 42.7 Å². The molecule has 1 saturated carbocycles. The average molecular weight is 486 g/mol. The van der Waals surface area contributed by atoms with E-state index in [0.717, 1.165) is 69.0 Å². The van der Waals surface area contributed by atoms with E-state index >= 15 is 0 Å². The number of fused-ring (bicyclic) bond motifs is 1. The molecule has 0 unspecified atom stereocenters. The number of aromatic amines is 1. The average Bonchev–Trinajstić information content (AvgIpc) is 3.66. The Morgan fingerprint density at radius 1 is 0.917 bits per heavy atom. The second-order valence-electron chi connectivity index (χ2n) is 11.0. The van der Waals surface area contributed by atoms with Crippen molar-refractivity contribution >= 4 is 22.6 Å². The fourth-order valence-electron chi connectivity index (χ4n) is 6.17. The Labute approximate surface area is 212 Å². The number of ether oxygens (including phenoxy) is 1. The van der Waals surface area contributed by atoms with Crippen LogP contribution in [0.25, 0.3) is 22.3 Å². The molecule has 5 heterocycles. The van der Waals surface area contributed by atoms with Crippen LogP contribution in [0.5, 0.6) is 0 Å². The number of benzene rings is 1. The van der Waals surface area contributed by atoms with Crippen molar-refractivity contribution in [3.8, 4) is 11.3 Å². The molecule has 188 valence electrons. The molecule has 7 nitrogen and oxygen atoms in total. The molecule has 1 aromatic carbocycles. The lowest BCUT2D eigenvalue weighted by atomic mass is 9.88. The number of piperazine rings is 1. The predicted octanol–water partition coefficient (Wildman–Crippen LogP) is 3.87. The van der Waals surface area contributed by atoms with Gasteiger partial charge in [-0.3, -0.25) is 9.69 Å². The molecule has 0 bridgehead atoms. The van der Waals surface area contributed by atoms with Gasteiger partial charge in [-0.05, 0) is 68.0 Å². The van der Waals surface area contributed by atoms with E-state index < -0.39 is 0 Å². The maximum absolute atomic E-state index is 12.4. The number of hydrogen-bond donors (Lipinski definition) is 1. The first kappa shape index (κ1) is 22.3. The molecule has 4 aliphatic rings. The lowest BCUT2D eigenvalue weighted by Gasteiger charge is -2.41. The minimum absolute atomic E-state index is 0.304. The van der Waals surface area contributed by atoms with Crippen LogP contribution in [0, 0.1) is 5.92 Å². The molecule has 1 aliphatic carbocycles. The molecular formula is C29H35N5O2. The van der Waals surface area contributed by atoms with Crippen LogP contribution < -0.4 is 4.90 Å². The molecule has 3 saturated heterocycles. The molecule has 0 spiro atoms. The Hall–Kier alpha value is -2.90. The monoisotopic (exact) mass is 485 g/mol. The SMILES string of the molecule is O=C(C1CC1)N1CCN(c2ccnc3[nH]c(-c4ccc(C5CCN(C6COC6)CC5)cc4)cc23)CC1. The molecule has 1 N–H and O–H groups in total. The van der Waals surface area contributed by atoms with Crippen molar-refractivity contribution in [3.05, 3.63) is 48.2 Å². The first-order valence-corrected chi connectivity index (χ1v) is 13.7. The molecule has 3 aliphatic heterocycles. The summed E-state index contributed by atoms with van der Waals surface area (Å²) in [6, 6.07) is 14.2. The van der Waals surface area contributed by atoms with Crippen LogP contribution in [0.2, 0.25) is 0 Å². The fourth-order valence-corrected chi connectivity index (χ4v) is 6.17. The number of likely N-dealkylation sites (tertiary alicyclic amines) is 1. The van der Waals surface area contributed by atoms with Gasteiger partial charge in [-0.2, -0.15) is 0 Å². The highest BCUT2D eigenvalue weighted by atomic mass is 16.5. The van der Waals surface area contributed by atoms with E-state index in [0.29, 0.717) is 23.8 Å². The molecule has 3 aromatic rings. The minimum Gasteiger partial charge on any atom is -0.378 e. The number of H-pyrrole nitrogens is 1. The number of anilines is 1. The van der Waals surface area contributed by atoms with Crippen molar-refractivity contribution in [1.29, 1.82) is 0 Å². The van der Waals surface area contributed by atoms with Crippen molar-refractivity contribution in [2.24, 2.45) is 5.92 Å². The van der Waals surface area contributed by atoms with Gasteiger partial charge in [-0.1, -0.05) is 24.3 Å². The second-order valence-corrected chi connectivity index (χ2v) is 11.0. The number of amides is 1. The van der Waals surface area contributed by atoms with Gasteiger partial charge < -0.3 is 19.5 Å². The van der Waals surface area contributed by atoms with Crippen molar-refractivity contribution in [3.63, 3.8) is 0 Å². The first-order chi connectivity index (χ1) is 17.7. The maximum Gasteiger partial charge on any atom is 0.225 e. The zero-order chi connectivity index (χ0) is 24.1. The van der Waals surface area contributed by atoms with Gasteiger partial charge in [0.2, 0.25) is 5.91 Å². The second kappa shape index (κ2) is 9.20. The highest BCUT2D eigenvalue weighted by Crippen LogP contribution is 2.35. The Balaban J connectivity index is 1.04. The van der Waals surface area contributed by atoms with Gasteiger partial charge in [0.1, 0.15) is 5.65 Å². The quantitative estimate of drug-likeness (QED) is 0.595. The predicted molar refractivity (Wildman–Crippen MR) is 141 cm³/mol. The summed E-state index contributed by atoms with van der Waals surface area (Å²) in [7, 11) is 0. The minimum atomic E-state index is 0.304. The van der Waals surface area contributed by atoms with Gasteiger partial charge in [0.05, 0.1) is 19.3 Å². The summed E-state index contributed by atoms with van der Waals surface area (Å²) in [6.45, 7) is 7.56. The van der Waals surface area contributed by atoms with Crippen LogP contribution in [-0.2, 0) is 9.53 Å². The summed E-state index contributed by atoms with van der Waals surface area (Å²) in [5, 5.41) is 1.16. The number of aromatic nitrogens is 2.